The Morgan fingerprint density at radius 3 is 2.64 bits per heavy atom. The Balaban J connectivity index is 1.52. The van der Waals surface area contributed by atoms with E-state index in [9.17, 15) is 9.59 Å². The summed E-state index contributed by atoms with van der Waals surface area (Å²) in [6, 6.07) is 14.6. The van der Waals surface area contributed by atoms with E-state index < -0.39 is 12.0 Å². The number of ether oxygens (including phenoxy) is 2. The average Bonchev–Trinajstić information content (AvgIpc) is 3.24. The van der Waals surface area contributed by atoms with Crippen LogP contribution in [-0.2, 0) is 11.3 Å². The van der Waals surface area contributed by atoms with Gasteiger partial charge in [0.15, 0.2) is 0 Å². The first-order valence-electron chi connectivity index (χ1n) is 10.5. The van der Waals surface area contributed by atoms with Crippen LogP contribution in [0, 0.1) is 0 Å². The Bertz CT molecular complexity index is 1130. The van der Waals surface area contributed by atoms with Gasteiger partial charge in [-0.05, 0) is 48.0 Å². The van der Waals surface area contributed by atoms with Gasteiger partial charge in [0.25, 0.3) is 5.91 Å². The Morgan fingerprint density at radius 1 is 1.18 bits per heavy atom. The lowest BCUT2D eigenvalue weighted by atomic mass is 10.1. The van der Waals surface area contributed by atoms with Crippen molar-refractivity contribution in [3.63, 3.8) is 0 Å². The van der Waals surface area contributed by atoms with Gasteiger partial charge in [-0.25, -0.2) is 9.78 Å². The number of primary amides is 1. The van der Waals surface area contributed by atoms with Gasteiger partial charge in [-0.15, -0.1) is 11.3 Å². The van der Waals surface area contributed by atoms with Crippen LogP contribution in [0.3, 0.4) is 0 Å². The molecule has 0 aliphatic carbocycles. The number of morpholine rings is 1. The van der Waals surface area contributed by atoms with E-state index in [1.54, 1.807) is 18.2 Å². The van der Waals surface area contributed by atoms with Gasteiger partial charge in [0.05, 0.1) is 24.5 Å². The van der Waals surface area contributed by atoms with Gasteiger partial charge in [0, 0.05) is 31.6 Å². The van der Waals surface area contributed by atoms with Crippen LogP contribution in [0.1, 0.15) is 16.1 Å². The number of hydrogen-bond acceptors (Lipinski definition) is 8. The summed E-state index contributed by atoms with van der Waals surface area (Å²) < 4.78 is 10.5. The third-order valence-corrected chi connectivity index (χ3v) is 6.19. The Morgan fingerprint density at radius 2 is 1.94 bits per heavy atom. The molecule has 1 saturated heterocycles. The molecule has 0 bridgehead atoms. The molecule has 0 saturated carbocycles. The number of nitrogens with one attached hydrogen (secondary N) is 2. The molecule has 1 aromatic carbocycles. The Hall–Kier alpha value is -3.47. The number of nitrogens with zero attached hydrogens (tertiary/aromatic N) is 2. The molecule has 10 heteroatoms. The van der Waals surface area contributed by atoms with Gasteiger partial charge in [-0.1, -0.05) is 6.07 Å². The zero-order valence-electron chi connectivity index (χ0n) is 18.2. The van der Waals surface area contributed by atoms with Crippen molar-refractivity contribution in [1.29, 1.82) is 0 Å². The van der Waals surface area contributed by atoms with Crippen LogP contribution in [0.15, 0.2) is 48.5 Å². The minimum absolute atomic E-state index is 0.390. The van der Waals surface area contributed by atoms with Gasteiger partial charge in [0.1, 0.15) is 16.6 Å². The molecule has 1 fully saturated rings. The number of hydrogen-bond donors (Lipinski definition) is 3. The molecule has 2 aromatic heterocycles. The maximum Gasteiger partial charge on any atom is 0.412 e. The number of thiophene rings is 1. The zero-order chi connectivity index (χ0) is 23.2. The van der Waals surface area contributed by atoms with Crippen LogP contribution >= 0.6 is 11.3 Å². The average molecular weight is 468 g/mol. The van der Waals surface area contributed by atoms with Crippen LogP contribution in [0.4, 0.5) is 15.6 Å². The molecular weight excluding hydrogens is 442 g/mol. The molecule has 0 radical (unpaired) electrons. The largest absolute Gasteiger partial charge is 0.412 e. The standard InChI is InChI=1S/C23H25N5O4S/c1-25-23(30)32-17-7-5-15(6-8-17)19-13-18(21(24)29)22(33-19)27-20-4-2-3-16(26-20)14-28-9-11-31-12-10-28/h2-8,13H,9-12,14H2,1H3,(H2,24,29)(H,25,30)(H,26,27). The monoisotopic (exact) mass is 467 g/mol. The first-order chi connectivity index (χ1) is 16.0. The smallest absolute Gasteiger partial charge is 0.410 e. The Labute approximate surface area is 195 Å². The van der Waals surface area contributed by atoms with Crippen molar-refractivity contribution >= 4 is 34.2 Å². The van der Waals surface area contributed by atoms with Crippen molar-refractivity contribution in [2.24, 2.45) is 5.73 Å². The maximum absolute atomic E-state index is 12.1. The second kappa shape index (κ2) is 10.4. The molecule has 0 atom stereocenters. The van der Waals surface area contributed by atoms with Crippen molar-refractivity contribution in [3.8, 4) is 16.2 Å². The fourth-order valence-electron chi connectivity index (χ4n) is 3.40. The lowest BCUT2D eigenvalue weighted by molar-refractivity contribution is 0.0337. The Kier molecular flexibility index (Phi) is 7.18. The lowest BCUT2D eigenvalue weighted by Crippen LogP contribution is -2.35. The highest BCUT2D eigenvalue weighted by molar-refractivity contribution is 7.19. The van der Waals surface area contributed by atoms with Crippen molar-refractivity contribution in [2.75, 3.05) is 38.7 Å². The molecular formula is C23H25N5O4S. The van der Waals surface area contributed by atoms with Crippen molar-refractivity contribution in [2.45, 2.75) is 6.54 Å². The first-order valence-corrected chi connectivity index (χ1v) is 11.3. The molecule has 3 heterocycles. The topological polar surface area (TPSA) is 119 Å². The van der Waals surface area contributed by atoms with Gasteiger partial charge < -0.3 is 25.8 Å². The van der Waals surface area contributed by atoms with Crippen LogP contribution in [0.25, 0.3) is 10.4 Å². The lowest BCUT2D eigenvalue weighted by Gasteiger charge is -2.26. The number of benzene rings is 1. The summed E-state index contributed by atoms with van der Waals surface area (Å²) in [5.74, 6) is 0.541. The number of nitrogens with two attached hydrogens (primary N) is 1. The van der Waals surface area contributed by atoms with Gasteiger partial charge >= 0.3 is 6.09 Å². The summed E-state index contributed by atoms with van der Waals surface area (Å²) in [4.78, 5) is 31.3. The van der Waals surface area contributed by atoms with Gasteiger partial charge in [-0.2, -0.15) is 0 Å². The number of amides is 2. The molecule has 4 rings (SSSR count). The third-order valence-electron chi connectivity index (χ3n) is 5.09. The van der Waals surface area contributed by atoms with Crippen molar-refractivity contribution in [3.05, 3.63) is 59.8 Å². The van der Waals surface area contributed by atoms with Crippen molar-refractivity contribution < 1.29 is 19.1 Å². The maximum atomic E-state index is 12.1. The molecule has 9 nitrogen and oxygen atoms in total. The van der Waals surface area contributed by atoms with Crippen molar-refractivity contribution in [1.82, 2.24) is 15.2 Å². The van der Waals surface area contributed by atoms with Crippen LogP contribution in [0.2, 0.25) is 0 Å². The van der Waals surface area contributed by atoms with E-state index in [0.717, 1.165) is 49.0 Å². The van der Waals surface area contributed by atoms with Gasteiger partial charge in [-0.3, -0.25) is 9.69 Å². The predicted octanol–water partition coefficient (Wildman–Crippen LogP) is 3.20. The number of pyridine rings is 1. The summed E-state index contributed by atoms with van der Waals surface area (Å²) in [6.07, 6.45) is -0.537. The van der Waals surface area contributed by atoms with E-state index in [1.807, 2.05) is 30.3 Å². The minimum Gasteiger partial charge on any atom is -0.410 e. The number of rotatable bonds is 7. The molecule has 0 spiro atoms. The molecule has 1 aliphatic heterocycles. The molecule has 2 amide bonds. The number of carbonyl (C=O) groups is 2. The number of carbonyl (C=O) groups excluding carboxylic acids is 2. The van der Waals surface area contributed by atoms with E-state index in [0.29, 0.717) is 22.1 Å². The summed E-state index contributed by atoms with van der Waals surface area (Å²) in [7, 11) is 1.50. The highest BCUT2D eigenvalue weighted by atomic mass is 32.1. The summed E-state index contributed by atoms with van der Waals surface area (Å²) >= 11 is 1.40. The molecule has 0 unspecified atom stereocenters. The van der Waals surface area contributed by atoms with E-state index in [-0.39, 0.29) is 0 Å². The van der Waals surface area contributed by atoms with Crippen LogP contribution in [0.5, 0.6) is 5.75 Å². The highest BCUT2D eigenvalue weighted by Crippen LogP contribution is 2.37. The fourth-order valence-corrected chi connectivity index (χ4v) is 4.47. The molecule has 4 N–H and O–H groups in total. The zero-order valence-corrected chi connectivity index (χ0v) is 19.0. The molecule has 1 aliphatic rings. The van der Waals surface area contributed by atoms with E-state index in [4.69, 9.17) is 20.2 Å². The summed E-state index contributed by atoms with van der Waals surface area (Å²) in [5.41, 5.74) is 7.83. The number of anilines is 2. The van der Waals surface area contributed by atoms with Crippen LogP contribution in [-0.4, -0.2) is 55.2 Å². The second-order valence-electron chi connectivity index (χ2n) is 7.41. The second-order valence-corrected chi connectivity index (χ2v) is 8.46. The summed E-state index contributed by atoms with van der Waals surface area (Å²) in [6.45, 7) is 3.97. The highest BCUT2D eigenvalue weighted by Gasteiger charge is 2.17. The SMILES string of the molecule is CNC(=O)Oc1ccc(-c2cc(C(N)=O)c(Nc3cccc(CN4CCOCC4)n3)s2)cc1. The van der Waals surface area contributed by atoms with E-state index in [2.05, 4.69) is 15.5 Å². The molecule has 33 heavy (non-hydrogen) atoms. The first kappa shape index (κ1) is 22.7. The molecule has 172 valence electrons. The fraction of sp³-hybridized carbons (Fsp3) is 0.261. The van der Waals surface area contributed by atoms with Gasteiger partial charge in [0.2, 0.25) is 0 Å². The normalized spacial score (nSPS) is 14.0. The number of aromatic nitrogens is 1. The molecule has 3 aromatic rings. The third kappa shape index (κ3) is 5.86. The quantitative estimate of drug-likeness (QED) is 0.488. The minimum atomic E-state index is -0.537. The van der Waals surface area contributed by atoms with E-state index >= 15 is 0 Å². The predicted molar refractivity (Wildman–Crippen MR) is 127 cm³/mol. The van der Waals surface area contributed by atoms with E-state index in [1.165, 1.54) is 18.4 Å². The van der Waals surface area contributed by atoms with Crippen LogP contribution < -0.4 is 21.1 Å². The summed E-state index contributed by atoms with van der Waals surface area (Å²) in [5, 5.41) is 6.28.